The van der Waals surface area contributed by atoms with Gasteiger partial charge in [-0.25, -0.2) is 0 Å². The largest absolute Gasteiger partial charge is 0.187 e. The van der Waals surface area contributed by atoms with Crippen LogP contribution in [0.4, 0.5) is 3.89 Å². The van der Waals surface area contributed by atoms with Crippen LogP contribution in [0.5, 0.6) is 0 Å². The topological polar surface area (TPSA) is 17.8 Å². The summed E-state index contributed by atoms with van der Waals surface area (Å²) in [4.78, 5) is 0. The highest BCUT2D eigenvalue weighted by Gasteiger charge is 2.19. The summed E-state index contributed by atoms with van der Waals surface area (Å²) in [6.07, 6.45) is 3.61. The van der Waals surface area contributed by atoms with Crippen molar-refractivity contribution in [1.29, 1.82) is 0 Å². The van der Waals surface area contributed by atoms with Crippen molar-refractivity contribution in [3.8, 4) is 11.1 Å². The van der Waals surface area contributed by atoms with Gasteiger partial charge in [0.25, 0.3) is 0 Å². The highest BCUT2D eigenvalue weighted by atomic mass is 79.9. The van der Waals surface area contributed by atoms with E-state index in [-0.39, 0.29) is 12.3 Å². The van der Waals surface area contributed by atoms with E-state index in [1.807, 2.05) is 6.07 Å². The van der Waals surface area contributed by atoms with Crippen molar-refractivity contribution >= 4 is 28.3 Å². The molecule has 1 aromatic heterocycles. The number of fused-ring (bicyclic) bond motifs is 3. The van der Waals surface area contributed by atoms with Gasteiger partial charge in [0, 0.05) is 16.2 Å². The van der Waals surface area contributed by atoms with Crippen LogP contribution in [0.3, 0.4) is 0 Å². The van der Waals surface area contributed by atoms with Gasteiger partial charge in [-0.15, -0.1) is 3.89 Å². The fourth-order valence-electron chi connectivity index (χ4n) is 2.12. The maximum absolute atomic E-state index is 12.5. The van der Waals surface area contributed by atoms with Gasteiger partial charge in [-0.1, -0.05) is 22.0 Å². The Labute approximate surface area is 105 Å². The van der Waals surface area contributed by atoms with Crippen LogP contribution < -0.4 is 0 Å². The Balaban J connectivity index is 2.18. The third-order valence-corrected chi connectivity index (χ3v) is 3.65. The van der Waals surface area contributed by atoms with Crippen LogP contribution in [0.15, 0.2) is 28.9 Å². The lowest BCUT2D eigenvalue weighted by Crippen LogP contribution is -2.02. The summed E-state index contributed by atoms with van der Waals surface area (Å²) in [5, 5.41) is 4.18. The molecule has 0 bridgehead atoms. The zero-order valence-electron chi connectivity index (χ0n) is 8.28. The smallest absolute Gasteiger partial charge is 0.183 e. The number of nitrogens with zero attached hydrogens (tertiary/aromatic N) is 2. The molecule has 0 amide bonds. The zero-order valence-corrected chi connectivity index (χ0v) is 10.7. The lowest BCUT2D eigenvalue weighted by molar-refractivity contribution is 0.836. The summed E-state index contributed by atoms with van der Waals surface area (Å²) in [6, 6.07) is 6.19. The van der Waals surface area contributed by atoms with Crippen LogP contribution in [-0.4, -0.2) is 9.19 Å². The quantitative estimate of drug-likeness (QED) is 0.797. The number of benzene rings is 1. The molecule has 0 unspecified atom stereocenters. The van der Waals surface area contributed by atoms with Gasteiger partial charge in [0.05, 0.1) is 5.69 Å². The van der Waals surface area contributed by atoms with E-state index in [0.29, 0.717) is 0 Å². The van der Waals surface area contributed by atoms with Crippen LogP contribution in [0.1, 0.15) is 11.3 Å². The average molecular weight is 299 g/mol. The minimum atomic E-state index is 0.136. The summed E-state index contributed by atoms with van der Waals surface area (Å²) in [7, 11) is 0. The summed E-state index contributed by atoms with van der Waals surface area (Å²) in [5.41, 5.74) is 4.51. The Morgan fingerprint density at radius 3 is 3.00 bits per heavy atom. The standard InChI is InChI=1S/C11H8BrFN2S/c12-8-2-3-9-7(5-8)1-4-11-10(9)6-15(14-11)16-13/h2-3,5-6H,1,4H2. The van der Waals surface area contributed by atoms with Crippen molar-refractivity contribution in [1.82, 2.24) is 9.19 Å². The second-order valence-corrected chi connectivity index (χ2v) is 5.19. The van der Waals surface area contributed by atoms with Crippen molar-refractivity contribution in [2.24, 2.45) is 0 Å². The molecule has 1 aliphatic carbocycles. The summed E-state index contributed by atoms with van der Waals surface area (Å²) < 4.78 is 14.8. The molecule has 1 aromatic carbocycles. The minimum absolute atomic E-state index is 0.136. The number of aromatic nitrogens is 2. The monoisotopic (exact) mass is 298 g/mol. The molecule has 0 N–H and O–H groups in total. The normalized spacial score (nSPS) is 13.4. The molecule has 0 fully saturated rings. The number of rotatable bonds is 1. The fraction of sp³-hybridized carbons (Fsp3) is 0.182. The van der Waals surface area contributed by atoms with Gasteiger partial charge in [-0.2, -0.15) is 9.19 Å². The molecule has 2 aromatic rings. The van der Waals surface area contributed by atoms with Crippen molar-refractivity contribution < 1.29 is 3.89 Å². The molecular formula is C11H8BrFN2S. The summed E-state index contributed by atoms with van der Waals surface area (Å²) in [6.45, 7) is 0. The Kier molecular flexibility index (Phi) is 2.52. The number of aryl methyl sites for hydroxylation is 2. The molecular weight excluding hydrogens is 291 g/mol. The van der Waals surface area contributed by atoms with Crippen LogP contribution in [0.2, 0.25) is 0 Å². The van der Waals surface area contributed by atoms with E-state index in [4.69, 9.17) is 0 Å². The lowest BCUT2D eigenvalue weighted by atomic mass is 9.90. The number of hydrogen-bond donors (Lipinski definition) is 0. The van der Waals surface area contributed by atoms with Gasteiger partial charge in [0.15, 0.2) is 12.3 Å². The Bertz CT molecular complexity index is 553. The van der Waals surface area contributed by atoms with E-state index in [9.17, 15) is 3.89 Å². The molecule has 0 spiro atoms. The van der Waals surface area contributed by atoms with Gasteiger partial charge in [-0.3, -0.25) is 0 Å². The van der Waals surface area contributed by atoms with Crippen molar-refractivity contribution in [2.45, 2.75) is 12.8 Å². The van der Waals surface area contributed by atoms with E-state index in [0.717, 1.165) is 28.6 Å². The van der Waals surface area contributed by atoms with E-state index in [1.54, 1.807) is 6.20 Å². The Morgan fingerprint density at radius 2 is 2.19 bits per heavy atom. The van der Waals surface area contributed by atoms with Crippen LogP contribution >= 0.6 is 28.3 Å². The molecule has 0 aliphatic heterocycles. The van der Waals surface area contributed by atoms with Gasteiger partial charge in [-0.05, 0) is 36.1 Å². The maximum atomic E-state index is 12.5. The van der Waals surface area contributed by atoms with E-state index in [2.05, 4.69) is 33.2 Å². The van der Waals surface area contributed by atoms with E-state index >= 15 is 0 Å². The van der Waals surface area contributed by atoms with Crippen LogP contribution in [0, 0.1) is 0 Å². The van der Waals surface area contributed by atoms with Gasteiger partial charge < -0.3 is 0 Å². The third kappa shape index (κ3) is 1.58. The molecule has 0 radical (unpaired) electrons. The molecule has 0 atom stereocenters. The predicted molar refractivity (Wildman–Crippen MR) is 66.9 cm³/mol. The highest BCUT2D eigenvalue weighted by Crippen LogP contribution is 2.35. The Morgan fingerprint density at radius 1 is 1.31 bits per heavy atom. The molecule has 1 heterocycles. The maximum Gasteiger partial charge on any atom is 0.187 e. The van der Waals surface area contributed by atoms with Crippen LogP contribution in [-0.2, 0) is 12.8 Å². The molecule has 3 rings (SSSR count). The fourth-order valence-corrected chi connectivity index (χ4v) is 2.80. The molecule has 0 saturated carbocycles. The van der Waals surface area contributed by atoms with Crippen molar-refractivity contribution in [3.63, 3.8) is 0 Å². The number of halogens is 2. The lowest BCUT2D eigenvalue weighted by Gasteiger charge is -2.14. The molecule has 82 valence electrons. The molecule has 0 saturated heterocycles. The predicted octanol–water partition coefficient (Wildman–Crippen LogP) is 3.79. The first-order valence-corrected chi connectivity index (χ1v) is 6.41. The van der Waals surface area contributed by atoms with Gasteiger partial charge >= 0.3 is 0 Å². The summed E-state index contributed by atoms with van der Waals surface area (Å²) in [5.74, 6) is 0. The molecule has 2 nitrogen and oxygen atoms in total. The first-order valence-electron chi connectivity index (χ1n) is 4.94. The van der Waals surface area contributed by atoms with Crippen LogP contribution in [0.25, 0.3) is 11.1 Å². The molecule has 1 aliphatic rings. The number of hydrogen-bond acceptors (Lipinski definition) is 2. The summed E-state index contributed by atoms with van der Waals surface area (Å²) >= 11 is 3.60. The average Bonchev–Trinajstić information content (AvgIpc) is 2.71. The zero-order chi connectivity index (χ0) is 11.1. The molecule has 16 heavy (non-hydrogen) atoms. The van der Waals surface area contributed by atoms with Gasteiger partial charge in [0.2, 0.25) is 0 Å². The van der Waals surface area contributed by atoms with E-state index in [1.165, 1.54) is 15.2 Å². The first-order chi connectivity index (χ1) is 7.78. The van der Waals surface area contributed by atoms with Gasteiger partial charge in [0.1, 0.15) is 0 Å². The van der Waals surface area contributed by atoms with Crippen molar-refractivity contribution in [2.75, 3.05) is 0 Å². The third-order valence-electron chi connectivity index (χ3n) is 2.83. The second-order valence-electron chi connectivity index (χ2n) is 3.76. The minimum Gasteiger partial charge on any atom is -0.183 e. The molecule has 5 heteroatoms. The second kappa shape index (κ2) is 3.89. The first kappa shape index (κ1) is 10.4. The highest BCUT2D eigenvalue weighted by molar-refractivity contribution is 9.10. The van der Waals surface area contributed by atoms with E-state index < -0.39 is 0 Å². The SMILES string of the molecule is FSn1cc2c(n1)CCc1cc(Br)ccc1-2. The van der Waals surface area contributed by atoms with Crippen molar-refractivity contribution in [3.05, 3.63) is 40.1 Å². The Hall–Kier alpha value is -0.810.